The number of ether oxygens (including phenoxy) is 3. The van der Waals surface area contributed by atoms with Gasteiger partial charge >= 0.3 is 5.97 Å². The van der Waals surface area contributed by atoms with Crippen molar-refractivity contribution in [3.8, 4) is 17.0 Å². The number of rotatable bonds is 8. The zero-order valence-electron chi connectivity index (χ0n) is 19.9. The van der Waals surface area contributed by atoms with Crippen LogP contribution in [-0.4, -0.2) is 45.4 Å². The van der Waals surface area contributed by atoms with E-state index in [-0.39, 0.29) is 38.4 Å². The fourth-order valence-electron chi connectivity index (χ4n) is 4.62. The molecule has 5 rings (SSSR count). The van der Waals surface area contributed by atoms with Crippen molar-refractivity contribution in [1.29, 1.82) is 0 Å². The van der Waals surface area contributed by atoms with E-state index in [1.165, 1.54) is 12.1 Å². The van der Waals surface area contributed by atoms with Crippen LogP contribution in [0.2, 0.25) is 5.02 Å². The Labute approximate surface area is 209 Å². The van der Waals surface area contributed by atoms with Crippen molar-refractivity contribution in [2.24, 2.45) is 5.41 Å². The summed E-state index contributed by atoms with van der Waals surface area (Å²) in [5.41, 5.74) is 0.550. The maximum absolute atomic E-state index is 13.4. The molecule has 1 aromatic heterocycles. The zero-order chi connectivity index (χ0) is 25.1. The van der Waals surface area contributed by atoms with Crippen molar-refractivity contribution in [2.45, 2.75) is 62.3 Å². The molecule has 0 bridgehead atoms. The van der Waals surface area contributed by atoms with E-state index >= 15 is 0 Å². The molecule has 0 atom stereocenters. The summed E-state index contributed by atoms with van der Waals surface area (Å²) in [5.74, 6) is -0.798. The van der Waals surface area contributed by atoms with Gasteiger partial charge in [0.15, 0.2) is 9.84 Å². The lowest BCUT2D eigenvalue weighted by Gasteiger charge is -2.26. The van der Waals surface area contributed by atoms with Crippen LogP contribution in [0.5, 0.6) is 5.75 Å². The molecule has 1 aromatic carbocycles. The molecule has 0 radical (unpaired) electrons. The largest absolute Gasteiger partial charge is 0.491 e. The van der Waals surface area contributed by atoms with Gasteiger partial charge < -0.3 is 18.8 Å². The van der Waals surface area contributed by atoms with Gasteiger partial charge in [-0.05, 0) is 57.2 Å². The maximum Gasteiger partial charge on any atom is 0.344 e. The average Bonchev–Trinajstić information content (AvgIpc) is 3.69. The van der Waals surface area contributed by atoms with E-state index in [1.807, 2.05) is 0 Å². The van der Waals surface area contributed by atoms with Crippen LogP contribution in [0, 0.1) is 5.41 Å². The molecule has 0 unspecified atom stereocenters. The molecule has 2 aromatic rings. The molecule has 35 heavy (non-hydrogen) atoms. The van der Waals surface area contributed by atoms with Gasteiger partial charge in [0.25, 0.3) is 5.56 Å². The number of fused-ring (bicyclic) bond motifs is 3. The summed E-state index contributed by atoms with van der Waals surface area (Å²) < 4.78 is 44.7. The fourth-order valence-corrected chi connectivity index (χ4v) is 6.40. The molecule has 1 aliphatic heterocycles. The minimum Gasteiger partial charge on any atom is -0.491 e. The first-order valence-corrected chi connectivity index (χ1v) is 13.8. The third kappa shape index (κ3) is 4.49. The van der Waals surface area contributed by atoms with E-state index in [0.717, 1.165) is 25.7 Å². The highest BCUT2D eigenvalue weighted by Gasteiger charge is 2.44. The standard InChI is InChI=1S/C25H28ClNO7S/c1-14(2)34-24(29)18-8-15-11-35(30,31)21-10-20(33-13-25(6-7-25)12-32-3)19(26)9-17(21)22(15)27(23(18)28)16-4-5-16/h8-10,14,16H,4-7,11-13H2,1-3H3. The summed E-state index contributed by atoms with van der Waals surface area (Å²) in [6.45, 7) is 4.33. The smallest absolute Gasteiger partial charge is 0.344 e. The Morgan fingerprint density at radius 3 is 2.51 bits per heavy atom. The first-order valence-electron chi connectivity index (χ1n) is 11.7. The Kier molecular flexibility index (Phi) is 6.01. The predicted octanol–water partition coefficient (Wildman–Crippen LogP) is 4.16. The van der Waals surface area contributed by atoms with E-state index in [0.29, 0.717) is 30.0 Å². The predicted molar refractivity (Wildman–Crippen MR) is 130 cm³/mol. The van der Waals surface area contributed by atoms with E-state index in [2.05, 4.69) is 0 Å². The third-order valence-electron chi connectivity index (χ3n) is 6.70. The number of esters is 1. The summed E-state index contributed by atoms with van der Waals surface area (Å²) in [4.78, 5) is 26.1. The molecule has 0 N–H and O–H groups in total. The highest BCUT2D eigenvalue weighted by atomic mass is 35.5. The normalized spacial score (nSPS) is 19.1. The van der Waals surface area contributed by atoms with Gasteiger partial charge in [0.05, 0.1) is 40.7 Å². The molecule has 0 saturated heterocycles. The summed E-state index contributed by atoms with van der Waals surface area (Å²) in [6, 6.07) is 4.28. The number of halogens is 1. The highest BCUT2D eigenvalue weighted by molar-refractivity contribution is 7.90. The second-order valence-electron chi connectivity index (χ2n) is 10.1. The molecular weight excluding hydrogens is 494 g/mol. The lowest BCUT2D eigenvalue weighted by molar-refractivity contribution is 0.0375. The van der Waals surface area contributed by atoms with Gasteiger partial charge in [0, 0.05) is 30.2 Å². The Morgan fingerprint density at radius 1 is 1.20 bits per heavy atom. The molecule has 10 heteroatoms. The number of hydrogen-bond acceptors (Lipinski definition) is 7. The van der Waals surface area contributed by atoms with Gasteiger partial charge in [-0.15, -0.1) is 0 Å². The van der Waals surface area contributed by atoms with Crippen molar-refractivity contribution in [3.05, 3.63) is 44.7 Å². The molecule has 8 nitrogen and oxygen atoms in total. The molecule has 2 heterocycles. The molecule has 2 aliphatic carbocycles. The van der Waals surface area contributed by atoms with Gasteiger partial charge in [-0.25, -0.2) is 13.2 Å². The van der Waals surface area contributed by atoms with Crippen molar-refractivity contribution in [1.82, 2.24) is 4.57 Å². The van der Waals surface area contributed by atoms with Crippen LogP contribution in [0.1, 0.15) is 61.5 Å². The van der Waals surface area contributed by atoms with Crippen molar-refractivity contribution < 1.29 is 27.4 Å². The number of aromatic nitrogens is 1. The summed E-state index contributed by atoms with van der Waals surface area (Å²) >= 11 is 6.56. The minimum absolute atomic E-state index is 0.0626. The molecule has 0 spiro atoms. The van der Waals surface area contributed by atoms with Gasteiger partial charge in [-0.1, -0.05) is 11.6 Å². The molecular formula is C25H28ClNO7S. The lowest BCUT2D eigenvalue weighted by atomic mass is 10.0. The average molecular weight is 522 g/mol. The summed E-state index contributed by atoms with van der Waals surface area (Å²) in [7, 11) is -2.13. The van der Waals surface area contributed by atoms with Crippen LogP contribution in [0.25, 0.3) is 11.3 Å². The van der Waals surface area contributed by atoms with Gasteiger partial charge in [-0.2, -0.15) is 0 Å². The highest BCUT2D eigenvalue weighted by Crippen LogP contribution is 2.48. The summed E-state index contributed by atoms with van der Waals surface area (Å²) in [5, 5.41) is 0.262. The second-order valence-corrected chi connectivity index (χ2v) is 12.4. The molecule has 3 aliphatic rings. The van der Waals surface area contributed by atoms with E-state index in [9.17, 15) is 18.0 Å². The monoisotopic (exact) mass is 521 g/mol. The zero-order valence-corrected chi connectivity index (χ0v) is 21.5. The lowest BCUT2D eigenvalue weighted by Crippen LogP contribution is -2.32. The van der Waals surface area contributed by atoms with Crippen LogP contribution in [-0.2, 0) is 25.1 Å². The first-order chi connectivity index (χ1) is 16.5. The number of nitrogens with zero attached hydrogens (tertiary/aromatic N) is 1. The number of pyridine rings is 1. The Balaban J connectivity index is 1.62. The van der Waals surface area contributed by atoms with Crippen molar-refractivity contribution >= 4 is 27.4 Å². The Bertz CT molecular complexity index is 1370. The van der Waals surface area contributed by atoms with E-state index in [1.54, 1.807) is 31.6 Å². The van der Waals surface area contributed by atoms with E-state index in [4.69, 9.17) is 25.8 Å². The molecule has 0 amide bonds. The fraction of sp³-hybridized carbons (Fsp3) is 0.520. The molecule has 188 valence electrons. The van der Waals surface area contributed by atoms with Crippen LogP contribution in [0.15, 0.2) is 27.9 Å². The van der Waals surface area contributed by atoms with Crippen molar-refractivity contribution in [3.63, 3.8) is 0 Å². The van der Waals surface area contributed by atoms with E-state index < -0.39 is 27.5 Å². The Morgan fingerprint density at radius 2 is 1.91 bits per heavy atom. The van der Waals surface area contributed by atoms with Gasteiger partial charge in [0.1, 0.15) is 11.3 Å². The summed E-state index contributed by atoms with van der Waals surface area (Å²) in [6.07, 6.45) is 3.09. The maximum atomic E-state index is 13.4. The quantitative estimate of drug-likeness (QED) is 0.481. The molecule has 2 fully saturated rings. The number of carbonyl (C=O) groups is 1. The number of hydrogen-bond donors (Lipinski definition) is 0. The van der Waals surface area contributed by atoms with Gasteiger partial charge in [-0.3, -0.25) is 4.79 Å². The van der Waals surface area contributed by atoms with Gasteiger partial charge in [0.2, 0.25) is 0 Å². The first kappa shape index (κ1) is 24.3. The second kappa shape index (κ2) is 8.64. The number of carbonyl (C=O) groups excluding carboxylic acids is 1. The topological polar surface area (TPSA) is 101 Å². The third-order valence-corrected chi connectivity index (χ3v) is 8.69. The molecule has 2 saturated carbocycles. The van der Waals surface area contributed by atoms with Crippen LogP contribution >= 0.6 is 11.6 Å². The van der Waals surface area contributed by atoms with Crippen LogP contribution < -0.4 is 10.3 Å². The van der Waals surface area contributed by atoms with Crippen LogP contribution in [0.4, 0.5) is 0 Å². The van der Waals surface area contributed by atoms with Crippen LogP contribution in [0.3, 0.4) is 0 Å². The Hall–Kier alpha value is -2.36. The minimum atomic E-state index is -3.77. The number of methoxy groups -OCH3 is 1. The number of benzene rings is 1. The SMILES string of the molecule is COCC1(COc2cc3c(cc2Cl)-c2c(cc(C(=O)OC(C)C)c(=O)n2C2CC2)CS3(=O)=O)CC1. The van der Waals surface area contributed by atoms with Crippen molar-refractivity contribution in [2.75, 3.05) is 20.3 Å². The number of sulfone groups is 1.